The standard InChI is InChI=1S/C40H26O2.Al.ClH/c41-39-35-29(21-19-27-15-7-9-17-31(27)35)23-33(25-11-3-1-4-12-25)37(39)38-34(26-13-5-2-6-14-26)24-30-22-20-28-16-8-10-18-32(28)36(30)40(38)42;;/h1-24,41-42H;;1H/q;+3;/p-3. The maximum atomic E-state index is 7.17. The maximum absolute atomic E-state index is 7.17. The van der Waals surface area contributed by atoms with Gasteiger partial charge in [-0.1, -0.05) is 133 Å². The first-order valence-electron chi connectivity index (χ1n) is 14.8. The quantitative estimate of drug-likeness (QED) is 0.145. The molecule has 1 aliphatic heterocycles. The van der Waals surface area contributed by atoms with E-state index >= 15 is 0 Å². The SMILES string of the molecule is [Cl][Al]1[O]c2c(c(-c3ccccc3)cc3ccc4ccccc4c23)-c2c(-c3ccccc3)cc3ccc4ccccc4c3c2[O]1. The van der Waals surface area contributed by atoms with Crippen molar-refractivity contribution in [3.8, 4) is 44.9 Å². The Morgan fingerprint density at radius 2 is 0.795 bits per heavy atom. The van der Waals surface area contributed by atoms with Crippen molar-refractivity contribution in [2.45, 2.75) is 0 Å². The van der Waals surface area contributed by atoms with Gasteiger partial charge in [-0.05, 0) is 66.7 Å². The van der Waals surface area contributed by atoms with Crippen molar-refractivity contribution in [3.63, 3.8) is 0 Å². The average Bonchev–Trinajstić information content (AvgIpc) is 3.24. The van der Waals surface area contributed by atoms with Crippen molar-refractivity contribution in [3.05, 3.63) is 146 Å². The molecule has 0 radical (unpaired) electrons. The van der Waals surface area contributed by atoms with E-state index in [1.54, 1.807) is 0 Å². The first-order valence-corrected chi connectivity index (χ1v) is 17.5. The van der Waals surface area contributed by atoms with E-state index in [0.717, 1.165) is 88.0 Å². The normalized spacial score (nSPS) is 12.5. The molecule has 4 heteroatoms. The Hall–Kier alpha value is -4.78. The number of hydrogen-bond acceptors (Lipinski definition) is 2. The minimum Gasteiger partial charge on any atom is -0.599 e. The Bertz CT molecular complexity index is 2230. The second-order valence-electron chi connectivity index (χ2n) is 11.3. The lowest BCUT2D eigenvalue weighted by molar-refractivity contribution is 0.462. The third kappa shape index (κ3) is 3.95. The van der Waals surface area contributed by atoms with Crippen molar-refractivity contribution in [1.29, 1.82) is 0 Å². The van der Waals surface area contributed by atoms with Gasteiger partial charge in [0.1, 0.15) is 11.5 Å². The maximum Gasteiger partial charge on any atom is 0.999 e. The summed E-state index contributed by atoms with van der Waals surface area (Å²) in [6.45, 7) is 0. The topological polar surface area (TPSA) is 18.5 Å². The highest BCUT2D eigenvalue weighted by molar-refractivity contribution is 7.00. The molecule has 0 aromatic heterocycles. The summed E-state index contributed by atoms with van der Waals surface area (Å²) >= 11 is -2.75. The summed E-state index contributed by atoms with van der Waals surface area (Å²) in [5.74, 6) is 1.58. The first-order chi connectivity index (χ1) is 21.7. The minimum absolute atomic E-state index is 0.792. The fourth-order valence-corrected chi connectivity index (χ4v) is 8.33. The van der Waals surface area contributed by atoms with Crippen LogP contribution < -0.4 is 7.58 Å². The summed E-state index contributed by atoms with van der Waals surface area (Å²) < 4.78 is 13.7. The number of rotatable bonds is 2. The molecule has 0 N–H and O–H groups in total. The lowest BCUT2D eigenvalue weighted by atomic mass is 9.83. The molecule has 206 valence electrons. The Kier molecular flexibility index (Phi) is 5.93. The molecule has 2 nitrogen and oxygen atoms in total. The van der Waals surface area contributed by atoms with Gasteiger partial charge in [0, 0.05) is 21.9 Å². The van der Waals surface area contributed by atoms with Gasteiger partial charge >= 0.3 is 13.9 Å². The largest absolute Gasteiger partial charge is 0.999 e. The van der Waals surface area contributed by atoms with Crippen LogP contribution in [0.2, 0.25) is 0 Å². The first kappa shape index (κ1) is 25.7. The molecule has 0 atom stereocenters. The van der Waals surface area contributed by atoms with E-state index < -0.39 is 13.9 Å². The molecule has 0 amide bonds. The van der Waals surface area contributed by atoms with Crippen molar-refractivity contribution in [2.75, 3.05) is 0 Å². The fraction of sp³-hybridized carbons (Fsp3) is 0. The number of fused-ring (bicyclic) bond motifs is 11. The van der Waals surface area contributed by atoms with Crippen LogP contribution in [0.25, 0.3) is 76.5 Å². The van der Waals surface area contributed by atoms with E-state index in [0.29, 0.717) is 0 Å². The molecule has 0 fully saturated rings. The average molecular weight is 599 g/mol. The Morgan fingerprint density at radius 3 is 1.25 bits per heavy atom. The van der Waals surface area contributed by atoms with Crippen LogP contribution in [0.15, 0.2) is 146 Å². The van der Waals surface area contributed by atoms with Gasteiger partial charge in [0.2, 0.25) is 0 Å². The molecular formula is C40H24AlClO2. The summed E-state index contributed by atoms with van der Waals surface area (Å²) in [7, 11) is 7.17. The van der Waals surface area contributed by atoms with E-state index in [1.807, 2.05) is 0 Å². The van der Waals surface area contributed by atoms with Crippen LogP contribution in [-0.2, 0) is 0 Å². The second kappa shape index (κ2) is 10.2. The van der Waals surface area contributed by atoms with Crippen LogP contribution in [-0.4, -0.2) is 13.9 Å². The molecular weight excluding hydrogens is 575 g/mol. The predicted octanol–water partition coefficient (Wildman–Crippen LogP) is 11.3. The van der Waals surface area contributed by atoms with Crippen LogP contribution in [0.5, 0.6) is 11.5 Å². The number of benzene rings is 8. The van der Waals surface area contributed by atoms with Crippen LogP contribution in [0.3, 0.4) is 0 Å². The summed E-state index contributed by atoms with van der Waals surface area (Å²) in [4.78, 5) is 0. The highest BCUT2D eigenvalue weighted by Crippen LogP contribution is 2.56. The van der Waals surface area contributed by atoms with Gasteiger partial charge < -0.3 is 7.58 Å². The highest BCUT2D eigenvalue weighted by atomic mass is 35.6. The van der Waals surface area contributed by atoms with Gasteiger partial charge in [-0.25, -0.2) is 0 Å². The van der Waals surface area contributed by atoms with E-state index in [9.17, 15) is 0 Å². The van der Waals surface area contributed by atoms with Gasteiger partial charge in [0.15, 0.2) is 0 Å². The zero-order valence-electron chi connectivity index (χ0n) is 23.6. The van der Waals surface area contributed by atoms with Gasteiger partial charge in [-0.3, -0.25) is 0 Å². The van der Waals surface area contributed by atoms with E-state index in [4.69, 9.17) is 17.6 Å². The summed E-state index contributed by atoms with van der Waals surface area (Å²) in [6.07, 6.45) is 0. The Balaban J connectivity index is 1.56. The predicted molar refractivity (Wildman–Crippen MR) is 186 cm³/mol. The van der Waals surface area contributed by atoms with Crippen molar-refractivity contribution in [2.24, 2.45) is 0 Å². The fourth-order valence-electron chi connectivity index (χ4n) is 6.91. The molecule has 0 spiro atoms. The van der Waals surface area contributed by atoms with Crippen molar-refractivity contribution in [1.82, 2.24) is 0 Å². The lowest BCUT2D eigenvalue weighted by Crippen LogP contribution is -2.22. The molecule has 1 heterocycles. The molecule has 0 bridgehead atoms. The van der Waals surface area contributed by atoms with Crippen molar-refractivity contribution < 1.29 is 7.58 Å². The van der Waals surface area contributed by atoms with Gasteiger partial charge in [0.25, 0.3) is 0 Å². The molecule has 1 aliphatic rings. The summed E-state index contributed by atoms with van der Waals surface area (Å²) in [5.41, 5.74) is 6.42. The Morgan fingerprint density at radius 1 is 0.409 bits per heavy atom. The summed E-state index contributed by atoms with van der Waals surface area (Å²) in [5, 5.41) is 8.91. The smallest absolute Gasteiger partial charge is 0.599 e. The van der Waals surface area contributed by atoms with Crippen molar-refractivity contribution >= 4 is 67.0 Å². The lowest BCUT2D eigenvalue weighted by Gasteiger charge is -2.23. The molecule has 0 unspecified atom stereocenters. The van der Waals surface area contributed by atoms with Crippen LogP contribution >= 0.6 is 10.0 Å². The molecule has 0 saturated carbocycles. The molecule has 44 heavy (non-hydrogen) atoms. The zero-order valence-corrected chi connectivity index (χ0v) is 25.5. The molecule has 8 aromatic rings. The molecule has 0 aliphatic carbocycles. The van der Waals surface area contributed by atoms with Crippen LogP contribution in [0.4, 0.5) is 0 Å². The van der Waals surface area contributed by atoms with E-state index in [2.05, 4.69) is 146 Å². The second-order valence-corrected chi connectivity index (χ2v) is 13.4. The third-order valence-electron chi connectivity index (χ3n) is 8.81. The van der Waals surface area contributed by atoms with Gasteiger partial charge in [-0.2, -0.15) is 10.0 Å². The molecule has 0 saturated heterocycles. The zero-order chi connectivity index (χ0) is 29.2. The third-order valence-corrected chi connectivity index (χ3v) is 10.2. The Labute approximate surface area is 263 Å². The highest BCUT2D eigenvalue weighted by Gasteiger charge is 2.40. The summed E-state index contributed by atoms with van der Waals surface area (Å²) in [6, 6.07) is 51.5. The molecule has 9 rings (SSSR count). The van der Waals surface area contributed by atoms with E-state index in [-0.39, 0.29) is 0 Å². The van der Waals surface area contributed by atoms with Crippen LogP contribution in [0.1, 0.15) is 0 Å². The van der Waals surface area contributed by atoms with Gasteiger partial charge in [0.05, 0.1) is 0 Å². The minimum atomic E-state index is -2.75. The van der Waals surface area contributed by atoms with Gasteiger partial charge in [-0.15, -0.1) is 0 Å². The number of halogens is 1. The molecule has 8 aromatic carbocycles. The van der Waals surface area contributed by atoms with E-state index in [1.165, 1.54) is 0 Å². The number of hydrogen-bond donors (Lipinski definition) is 0. The monoisotopic (exact) mass is 598 g/mol. The van der Waals surface area contributed by atoms with Crippen LogP contribution in [0, 0.1) is 0 Å².